The van der Waals surface area contributed by atoms with Gasteiger partial charge < -0.3 is 9.84 Å². The van der Waals surface area contributed by atoms with Gasteiger partial charge in [0.1, 0.15) is 0 Å². The van der Waals surface area contributed by atoms with Crippen LogP contribution in [-0.2, 0) is 9.53 Å². The number of carbonyl (C=O) groups is 1. The Morgan fingerprint density at radius 1 is 1.82 bits per heavy atom. The third kappa shape index (κ3) is 1.22. The molecule has 11 heavy (non-hydrogen) atoms. The maximum atomic E-state index is 13.4. The van der Waals surface area contributed by atoms with E-state index in [1.54, 1.807) is 0 Å². The van der Waals surface area contributed by atoms with Gasteiger partial charge in [-0.1, -0.05) is 0 Å². The van der Waals surface area contributed by atoms with Crippen LogP contribution in [0.5, 0.6) is 0 Å². The second-order valence-electron chi connectivity index (χ2n) is 2.76. The smallest absolute Gasteiger partial charge is 0.346 e. The van der Waals surface area contributed by atoms with Crippen LogP contribution in [0, 0.1) is 0 Å². The van der Waals surface area contributed by atoms with Gasteiger partial charge in [0.15, 0.2) is 0 Å². The van der Waals surface area contributed by atoms with Crippen molar-refractivity contribution in [1.29, 1.82) is 0 Å². The first kappa shape index (κ1) is 8.46. The SMILES string of the molecule is COC(=O)C1(F)CCCC1O. The summed E-state index contributed by atoms with van der Waals surface area (Å²) in [5.74, 6) is -0.956. The summed E-state index contributed by atoms with van der Waals surface area (Å²) in [6.45, 7) is 0. The molecule has 0 amide bonds. The summed E-state index contributed by atoms with van der Waals surface area (Å²) in [5, 5.41) is 9.07. The first-order chi connectivity index (χ1) is 5.11. The normalized spacial score (nSPS) is 37.2. The van der Waals surface area contributed by atoms with Gasteiger partial charge in [-0.3, -0.25) is 0 Å². The predicted molar refractivity (Wildman–Crippen MR) is 35.7 cm³/mol. The van der Waals surface area contributed by atoms with Gasteiger partial charge in [0.2, 0.25) is 5.67 Å². The molecule has 1 aliphatic rings. The molecule has 0 saturated heterocycles. The average molecular weight is 162 g/mol. The molecule has 2 unspecified atom stereocenters. The molecule has 1 fully saturated rings. The molecule has 0 spiro atoms. The number of methoxy groups -OCH3 is 1. The fraction of sp³-hybridized carbons (Fsp3) is 0.857. The number of rotatable bonds is 1. The lowest BCUT2D eigenvalue weighted by atomic mass is 10.0. The Morgan fingerprint density at radius 2 is 2.45 bits per heavy atom. The lowest BCUT2D eigenvalue weighted by Crippen LogP contribution is -2.41. The maximum Gasteiger partial charge on any atom is 0.346 e. The highest BCUT2D eigenvalue weighted by molar-refractivity contribution is 5.80. The lowest BCUT2D eigenvalue weighted by molar-refractivity contribution is -0.160. The summed E-state index contributed by atoms with van der Waals surface area (Å²) in [6.07, 6.45) is -0.242. The van der Waals surface area contributed by atoms with E-state index in [0.29, 0.717) is 12.8 Å². The van der Waals surface area contributed by atoms with E-state index in [4.69, 9.17) is 5.11 Å². The highest BCUT2D eigenvalue weighted by Gasteiger charge is 2.50. The fourth-order valence-electron chi connectivity index (χ4n) is 1.36. The molecular weight excluding hydrogens is 151 g/mol. The number of halogens is 1. The summed E-state index contributed by atoms with van der Waals surface area (Å²) in [4.78, 5) is 10.8. The molecule has 2 atom stereocenters. The van der Waals surface area contributed by atoms with Crippen LogP contribution < -0.4 is 0 Å². The zero-order valence-electron chi connectivity index (χ0n) is 6.34. The van der Waals surface area contributed by atoms with Crippen LogP contribution in [0.3, 0.4) is 0 Å². The summed E-state index contributed by atoms with van der Waals surface area (Å²) in [7, 11) is 1.12. The van der Waals surface area contributed by atoms with Crippen LogP contribution in [-0.4, -0.2) is 30.0 Å². The molecule has 3 nitrogen and oxygen atoms in total. The Bertz CT molecular complexity index is 171. The number of ether oxygens (including phenoxy) is 1. The number of alkyl halides is 1. The molecule has 0 aromatic heterocycles. The first-order valence-corrected chi connectivity index (χ1v) is 3.56. The minimum Gasteiger partial charge on any atom is -0.467 e. The molecule has 0 aliphatic heterocycles. The number of hydrogen-bond acceptors (Lipinski definition) is 3. The van der Waals surface area contributed by atoms with Gasteiger partial charge >= 0.3 is 5.97 Å². The number of esters is 1. The molecule has 0 aromatic rings. The lowest BCUT2D eigenvalue weighted by Gasteiger charge is -2.19. The zero-order valence-corrected chi connectivity index (χ0v) is 6.34. The maximum absolute atomic E-state index is 13.4. The standard InChI is InChI=1S/C7H11FO3/c1-11-6(10)7(8)4-2-3-5(7)9/h5,9H,2-4H2,1H3. The molecular formula is C7H11FO3. The molecule has 1 rings (SSSR count). The molecule has 1 aliphatic carbocycles. The van der Waals surface area contributed by atoms with Crippen LogP contribution in [0.15, 0.2) is 0 Å². The number of aliphatic hydroxyl groups is 1. The van der Waals surface area contributed by atoms with Crippen LogP contribution in [0.2, 0.25) is 0 Å². The van der Waals surface area contributed by atoms with Gasteiger partial charge in [0, 0.05) is 0 Å². The Kier molecular flexibility index (Phi) is 2.13. The van der Waals surface area contributed by atoms with E-state index in [1.165, 1.54) is 0 Å². The molecule has 0 radical (unpaired) electrons. The molecule has 4 heteroatoms. The fourth-order valence-corrected chi connectivity index (χ4v) is 1.36. The van der Waals surface area contributed by atoms with Crippen molar-refractivity contribution in [3.05, 3.63) is 0 Å². The third-order valence-corrected chi connectivity index (χ3v) is 2.07. The molecule has 0 bridgehead atoms. The van der Waals surface area contributed by atoms with Crippen molar-refractivity contribution in [3.63, 3.8) is 0 Å². The van der Waals surface area contributed by atoms with E-state index in [2.05, 4.69) is 4.74 Å². The van der Waals surface area contributed by atoms with E-state index < -0.39 is 17.7 Å². The largest absolute Gasteiger partial charge is 0.467 e. The summed E-state index contributed by atoms with van der Waals surface area (Å²) in [6, 6.07) is 0. The van der Waals surface area contributed by atoms with Gasteiger partial charge in [0.05, 0.1) is 13.2 Å². The van der Waals surface area contributed by atoms with Crippen molar-refractivity contribution in [2.24, 2.45) is 0 Å². The highest BCUT2D eigenvalue weighted by Crippen LogP contribution is 2.34. The van der Waals surface area contributed by atoms with Crippen LogP contribution >= 0.6 is 0 Å². The van der Waals surface area contributed by atoms with E-state index in [0.717, 1.165) is 7.11 Å². The zero-order chi connectivity index (χ0) is 8.48. The van der Waals surface area contributed by atoms with E-state index in [-0.39, 0.29) is 6.42 Å². The average Bonchev–Trinajstić information content (AvgIpc) is 2.32. The monoisotopic (exact) mass is 162 g/mol. The van der Waals surface area contributed by atoms with Crippen LogP contribution in [0.25, 0.3) is 0 Å². The second-order valence-corrected chi connectivity index (χ2v) is 2.76. The Hall–Kier alpha value is -0.640. The van der Waals surface area contributed by atoms with Crippen molar-refractivity contribution >= 4 is 5.97 Å². The molecule has 0 heterocycles. The third-order valence-electron chi connectivity index (χ3n) is 2.07. The molecule has 1 saturated carbocycles. The van der Waals surface area contributed by atoms with E-state index in [1.807, 2.05) is 0 Å². The van der Waals surface area contributed by atoms with Crippen LogP contribution in [0.1, 0.15) is 19.3 Å². The van der Waals surface area contributed by atoms with E-state index >= 15 is 0 Å². The first-order valence-electron chi connectivity index (χ1n) is 3.56. The minimum absolute atomic E-state index is 0.0703. The van der Waals surface area contributed by atoms with Crippen molar-refractivity contribution in [1.82, 2.24) is 0 Å². The van der Waals surface area contributed by atoms with Crippen molar-refractivity contribution in [3.8, 4) is 0 Å². The number of aliphatic hydroxyl groups excluding tert-OH is 1. The van der Waals surface area contributed by atoms with Gasteiger partial charge in [0.25, 0.3) is 0 Å². The number of hydrogen-bond donors (Lipinski definition) is 1. The predicted octanol–water partition coefficient (Wildman–Crippen LogP) is 0.412. The molecule has 0 aromatic carbocycles. The Balaban J connectivity index is 2.72. The number of carbonyl (C=O) groups excluding carboxylic acids is 1. The van der Waals surface area contributed by atoms with Gasteiger partial charge in [-0.25, -0.2) is 9.18 Å². The Labute approximate surface area is 64.2 Å². The highest BCUT2D eigenvalue weighted by atomic mass is 19.1. The second kappa shape index (κ2) is 2.77. The van der Waals surface area contributed by atoms with Gasteiger partial charge in [-0.2, -0.15) is 0 Å². The van der Waals surface area contributed by atoms with Crippen molar-refractivity contribution < 1.29 is 19.0 Å². The minimum atomic E-state index is -2.14. The molecule has 1 N–H and O–H groups in total. The van der Waals surface area contributed by atoms with Crippen LogP contribution in [0.4, 0.5) is 4.39 Å². The van der Waals surface area contributed by atoms with Gasteiger partial charge in [-0.05, 0) is 19.3 Å². The summed E-state index contributed by atoms with van der Waals surface area (Å²) >= 11 is 0. The topological polar surface area (TPSA) is 46.5 Å². The quantitative estimate of drug-likeness (QED) is 0.568. The van der Waals surface area contributed by atoms with Crippen molar-refractivity contribution in [2.45, 2.75) is 31.0 Å². The summed E-state index contributed by atoms with van der Waals surface area (Å²) < 4.78 is 17.6. The Morgan fingerprint density at radius 3 is 2.82 bits per heavy atom. The molecule has 64 valence electrons. The van der Waals surface area contributed by atoms with E-state index in [9.17, 15) is 9.18 Å². The summed E-state index contributed by atoms with van der Waals surface area (Å²) in [5.41, 5.74) is -2.14. The van der Waals surface area contributed by atoms with Gasteiger partial charge in [-0.15, -0.1) is 0 Å². The van der Waals surface area contributed by atoms with Crippen molar-refractivity contribution in [2.75, 3.05) is 7.11 Å².